The Morgan fingerprint density at radius 2 is 2.03 bits per heavy atom. The Bertz CT molecular complexity index is 1390. The fourth-order valence-corrected chi connectivity index (χ4v) is 3.73. The van der Waals surface area contributed by atoms with Gasteiger partial charge in [-0.25, -0.2) is 4.98 Å². The molecule has 5 aromatic rings. The molecular weight excluding hydrogens is 366 g/mol. The van der Waals surface area contributed by atoms with Crippen LogP contribution in [0.4, 0.5) is 5.69 Å². The predicted octanol–water partition coefficient (Wildman–Crippen LogP) is 3.71. The van der Waals surface area contributed by atoms with E-state index in [1.54, 1.807) is 24.1 Å². The molecule has 29 heavy (non-hydrogen) atoms. The summed E-state index contributed by atoms with van der Waals surface area (Å²) in [5.41, 5.74) is 6.61. The van der Waals surface area contributed by atoms with Crippen molar-refractivity contribution in [2.45, 2.75) is 13.8 Å². The van der Waals surface area contributed by atoms with Gasteiger partial charge in [-0.15, -0.1) is 0 Å². The van der Waals surface area contributed by atoms with Crippen molar-refractivity contribution in [2.75, 3.05) is 5.32 Å². The third kappa shape index (κ3) is 2.85. The van der Waals surface area contributed by atoms with Gasteiger partial charge in [0, 0.05) is 41.5 Å². The number of hydrogen-bond acceptors (Lipinski definition) is 4. The maximum atomic E-state index is 12.8. The van der Waals surface area contributed by atoms with Crippen LogP contribution in [-0.2, 0) is 7.05 Å². The lowest BCUT2D eigenvalue weighted by Gasteiger charge is -2.10. The minimum absolute atomic E-state index is 0.250. The molecule has 0 atom stereocenters. The number of aryl methyl sites for hydroxylation is 3. The van der Waals surface area contributed by atoms with Crippen LogP contribution in [0.5, 0.6) is 0 Å². The lowest BCUT2D eigenvalue weighted by molar-refractivity contribution is 0.102. The van der Waals surface area contributed by atoms with E-state index in [1.807, 2.05) is 38.2 Å². The van der Waals surface area contributed by atoms with Gasteiger partial charge in [-0.2, -0.15) is 10.2 Å². The highest BCUT2D eigenvalue weighted by molar-refractivity contribution is 6.10. The van der Waals surface area contributed by atoms with Crippen molar-refractivity contribution in [2.24, 2.45) is 7.05 Å². The second-order valence-electron chi connectivity index (χ2n) is 7.22. The van der Waals surface area contributed by atoms with E-state index in [0.717, 1.165) is 44.3 Å². The number of H-pyrrole nitrogens is 2. The molecule has 0 fully saturated rings. The normalized spacial score (nSPS) is 11.4. The summed E-state index contributed by atoms with van der Waals surface area (Å²) in [6, 6.07) is 8.04. The lowest BCUT2D eigenvalue weighted by Crippen LogP contribution is -2.14. The number of nitrogens with one attached hydrogen (secondary N) is 3. The smallest absolute Gasteiger partial charge is 0.276 e. The second kappa shape index (κ2) is 6.30. The molecule has 3 N–H and O–H groups in total. The molecule has 4 heterocycles. The number of carbonyl (C=O) groups excluding carboxylic acids is 1. The fourth-order valence-electron chi connectivity index (χ4n) is 3.73. The topological polar surface area (TPSA) is 104 Å². The van der Waals surface area contributed by atoms with Crippen molar-refractivity contribution in [3.8, 4) is 11.1 Å². The maximum absolute atomic E-state index is 12.8. The summed E-state index contributed by atoms with van der Waals surface area (Å²) in [5, 5.41) is 16.3. The molecule has 5 rings (SSSR count). The monoisotopic (exact) mass is 385 g/mol. The predicted molar refractivity (Wildman–Crippen MR) is 112 cm³/mol. The number of amides is 1. The summed E-state index contributed by atoms with van der Waals surface area (Å²) in [7, 11) is 1.80. The van der Waals surface area contributed by atoms with Gasteiger partial charge in [0.15, 0.2) is 5.69 Å². The Labute approximate surface area is 166 Å². The molecule has 0 spiro atoms. The van der Waals surface area contributed by atoms with E-state index in [2.05, 4.69) is 36.6 Å². The number of pyridine rings is 1. The van der Waals surface area contributed by atoms with Crippen LogP contribution in [0, 0.1) is 13.8 Å². The molecule has 8 heteroatoms. The van der Waals surface area contributed by atoms with Crippen molar-refractivity contribution >= 4 is 33.5 Å². The third-order valence-corrected chi connectivity index (χ3v) is 5.01. The van der Waals surface area contributed by atoms with Gasteiger partial charge >= 0.3 is 0 Å². The Morgan fingerprint density at radius 1 is 1.17 bits per heavy atom. The van der Waals surface area contributed by atoms with Crippen LogP contribution in [-0.4, -0.2) is 35.9 Å². The summed E-state index contributed by atoms with van der Waals surface area (Å²) >= 11 is 0. The SMILES string of the molecule is Cc1cc2c(-c3cc(NC(=O)c4nn(C)cc4C)c4cn[nH]c4c3)ccnc2[nH]1. The number of nitrogens with zero attached hydrogens (tertiary/aromatic N) is 4. The van der Waals surface area contributed by atoms with Gasteiger partial charge in [0.2, 0.25) is 0 Å². The van der Waals surface area contributed by atoms with E-state index in [4.69, 9.17) is 0 Å². The zero-order valence-electron chi connectivity index (χ0n) is 16.2. The minimum Gasteiger partial charge on any atom is -0.344 e. The molecule has 144 valence electrons. The zero-order valence-corrected chi connectivity index (χ0v) is 16.2. The van der Waals surface area contributed by atoms with Gasteiger partial charge in [0.1, 0.15) is 5.65 Å². The maximum Gasteiger partial charge on any atom is 0.276 e. The summed E-state index contributed by atoms with van der Waals surface area (Å²) < 4.78 is 1.63. The van der Waals surface area contributed by atoms with Crippen LogP contribution in [0.1, 0.15) is 21.7 Å². The van der Waals surface area contributed by atoms with E-state index in [1.165, 1.54) is 0 Å². The number of anilines is 1. The van der Waals surface area contributed by atoms with Crippen molar-refractivity contribution in [3.05, 3.63) is 59.8 Å². The molecule has 4 aromatic heterocycles. The summed E-state index contributed by atoms with van der Waals surface area (Å²) in [5.74, 6) is -0.250. The highest BCUT2D eigenvalue weighted by atomic mass is 16.2. The van der Waals surface area contributed by atoms with E-state index >= 15 is 0 Å². The first kappa shape index (κ1) is 17.2. The highest BCUT2D eigenvalue weighted by Gasteiger charge is 2.17. The van der Waals surface area contributed by atoms with Crippen molar-refractivity contribution < 1.29 is 4.79 Å². The molecule has 0 saturated heterocycles. The Balaban J connectivity index is 1.64. The number of hydrogen-bond donors (Lipinski definition) is 3. The largest absolute Gasteiger partial charge is 0.344 e. The first-order valence-corrected chi connectivity index (χ1v) is 9.23. The van der Waals surface area contributed by atoms with Gasteiger partial charge in [0.05, 0.1) is 17.4 Å². The van der Waals surface area contributed by atoms with Gasteiger partial charge in [0.25, 0.3) is 5.91 Å². The van der Waals surface area contributed by atoms with Crippen molar-refractivity contribution in [3.63, 3.8) is 0 Å². The lowest BCUT2D eigenvalue weighted by atomic mass is 10.0. The number of benzene rings is 1. The molecule has 1 amide bonds. The summed E-state index contributed by atoms with van der Waals surface area (Å²) in [6.07, 6.45) is 5.31. The Kier molecular flexibility index (Phi) is 3.73. The molecular formula is C21H19N7O. The second-order valence-corrected chi connectivity index (χ2v) is 7.22. The van der Waals surface area contributed by atoms with Gasteiger partial charge in [-0.1, -0.05) is 0 Å². The van der Waals surface area contributed by atoms with Crippen LogP contribution in [0.25, 0.3) is 33.1 Å². The van der Waals surface area contributed by atoms with E-state index in [9.17, 15) is 4.79 Å². The molecule has 0 bridgehead atoms. The van der Waals surface area contributed by atoms with Gasteiger partial charge in [-0.3, -0.25) is 14.6 Å². The number of aromatic nitrogens is 6. The van der Waals surface area contributed by atoms with Gasteiger partial charge in [-0.05, 0) is 49.2 Å². The number of aromatic amines is 2. The standard InChI is InChI=1S/C21H19N7O/c1-11-10-28(3)27-19(11)21(29)25-17-7-13(8-18-16(17)9-23-26-18)14-4-5-22-20-15(14)6-12(2)24-20/h4-10H,1-3H3,(H,22,24)(H,23,26)(H,25,29). The van der Waals surface area contributed by atoms with Crippen LogP contribution in [0.2, 0.25) is 0 Å². The van der Waals surface area contributed by atoms with E-state index < -0.39 is 0 Å². The fraction of sp³-hybridized carbons (Fsp3) is 0.143. The van der Waals surface area contributed by atoms with Gasteiger partial charge < -0.3 is 10.3 Å². The molecule has 0 radical (unpaired) electrons. The van der Waals surface area contributed by atoms with Crippen molar-refractivity contribution in [1.82, 2.24) is 29.9 Å². The highest BCUT2D eigenvalue weighted by Crippen LogP contribution is 2.34. The first-order valence-electron chi connectivity index (χ1n) is 9.23. The number of rotatable bonds is 3. The van der Waals surface area contributed by atoms with Crippen LogP contribution in [0.3, 0.4) is 0 Å². The zero-order chi connectivity index (χ0) is 20.1. The summed E-state index contributed by atoms with van der Waals surface area (Å²) in [6.45, 7) is 3.87. The van der Waals surface area contributed by atoms with Crippen LogP contribution in [0.15, 0.2) is 42.9 Å². The quantitative estimate of drug-likeness (QED) is 0.440. The molecule has 0 aliphatic rings. The molecule has 0 unspecified atom stereocenters. The molecule has 0 aliphatic carbocycles. The molecule has 1 aromatic carbocycles. The van der Waals surface area contributed by atoms with Crippen molar-refractivity contribution in [1.29, 1.82) is 0 Å². The average molecular weight is 385 g/mol. The van der Waals surface area contributed by atoms with E-state index in [-0.39, 0.29) is 5.91 Å². The minimum atomic E-state index is -0.250. The summed E-state index contributed by atoms with van der Waals surface area (Å²) in [4.78, 5) is 20.5. The molecule has 0 saturated carbocycles. The molecule has 8 nitrogen and oxygen atoms in total. The molecule has 0 aliphatic heterocycles. The number of carbonyl (C=O) groups is 1. The number of fused-ring (bicyclic) bond motifs is 2. The van der Waals surface area contributed by atoms with Crippen LogP contribution < -0.4 is 5.32 Å². The third-order valence-electron chi connectivity index (χ3n) is 5.01. The van der Waals surface area contributed by atoms with Crippen LogP contribution >= 0.6 is 0 Å². The van der Waals surface area contributed by atoms with E-state index in [0.29, 0.717) is 11.4 Å². The Hall–Kier alpha value is -3.94. The Morgan fingerprint density at radius 3 is 2.83 bits per heavy atom. The average Bonchev–Trinajstić information content (AvgIpc) is 3.38. The first-order chi connectivity index (χ1) is 14.0.